The highest BCUT2D eigenvalue weighted by molar-refractivity contribution is 5.97. The number of esters is 1. The normalized spacial score (nSPS) is 41.1. The number of aliphatic hydroxyl groups excluding tert-OH is 2. The first-order chi connectivity index (χ1) is 16.3. The maximum absolute atomic E-state index is 14.3. The Morgan fingerprint density at radius 2 is 1.91 bits per heavy atom. The number of hydrogen-bond acceptors (Lipinski definition) is 7. The Hall–Kier alpha value is -2.48. The standard InChI is InChI=1S/C28H34O7/c1-13-7-6-8-19(30)20(13)25(33)35-24-14(2)11-27-15(3)9-18-21(26(18,4)5)17(23(27)32)10-16(12-29)22(31)28(24,27)34/h6-8,10-11,15,17-18,21-22,24,29-31,34H,9,12H2,1-5H3/t15-,17+,18-,21+,22-,24+,27+,28+/m1/s1. The molecule has 1 aromatic rings. The third-order valence-corrected chi connectivity index (χ3v) is 9.58. The van der Waals surface area contributed by atoms with Crippen LogP contribution in [0.4, 0.5) is 0 Å². The molecule has 188 valence electrons. The second-order valence-corrected chi connectivity index (χ2v) is 11.6. The van der Waals surface area contributed by atoms with Crippen LogP contribution in [0.25, 0.3) is 0 Å². The van der Waals surface area contributed by atoms with Crippen molar-refractivity contribution in [3.63, 3.8) is 0 Å². The van der Waals surface area contributed by atoms with Crippen molar-refractivity contribution in [3.05, 3.63) is 52.6 Å². The monoisotopic (exact) mass is 482 g/mol. The van der Waals surface area contributed by atoms with Gasteiger partial charge in [0.05, 0.1) is 12.0 Å². The molecule has 0 heterocycles. The highest BCUT2D eigenvalue weighted by atomic mass is 16.6. The van der Waals surface area contributed by atoms with E-state index in [2.05, 4.69) is 13.8 Å². The lowest BCUT2D eigenvalue weighted by molar-refractivity contribution is -0.190. The topological polar surface area (TPSA) is 124 Å². The fourth-order valence-electron chi connectivity index (χ4n) is 7.68. The van der Waals surface area contributed by atoms with E-state index in [9.17, 15) is 30.0 Å². The number of hydrogen-bond donors (Lipinski definition) is 4. The molecule has 2 bridgehead atoms. The first kappa shape index (κ1) is 24.2. The van der Waals surface area contributed by atoms with Crippen molar-refractivity contribution in [2.45, 2.75) is 58.8 Å². The van der Waals surface area contributed by atoms with E-state index in [4.69, 9.17) is 4.74 Å². The van der Waals surface area contributed by atoms with Gasteiger partial charge in [-0.05, 0) is 66.2 Å². The molecule has 1 spiro atoms. The molecule has 2 fully saturated rings. The molecule has 0 aromatic heterocycles. The maximum Gasteiger partial charge on any atom is 0.342 e. The lowest BCUT2D eigenvalue weighted by Gasteiger charge is -2.48. The number of Topliss-reactive ketones (excluding diaryl/α,β-unsaturated/α-hetero) is 1. The summed E-state index contributed by atoms with van der Waals surface area (Å²) in [4.78, 5) is 27.6. The summed E-state index contributed by atoms with van der Waals surface area (Å²) in [5.74, 6) is -1.91. The van der Waals surface area contributed by atoms with Crippen LogP contribution >= 0.6 is 0 Å². The van der Waals surface area contributed by atoms with Crippen LogP contribution in [0.3, 0.4) is 0 Å². The Bertz CT molecular complexity index is 1160. The van der Waals surface area contributed by atoms with Crippen molar-refractivity contribution in [2.24, 2.45) is 34.5 Å². The highest BCUT2D eigenvalue weighted by Gasteiger charge is 2.76. The van der Waals surface area contributed by atoms with Crippen LogP contribution in [0.1, 0.15) is 50.0 Å². The van der Waals surface area contributed by atoms with Crippen LogP contribution in [-0.4, -0.2) is 56.6 Å². The van der Waals surface area contributed by atoms with Gasteiger partial charge in [0.15, 0.2) is 17.5 Å². The van der Waals surface area contributed by atoms with Crippen molar-refractivity contribution in [1.82, 2.24) is 0 Å². The van der Waals surface area contributed by atoms with Crippen LogP contribution in [-0.2, 0) is 9.53 Å². The van der Waals surface area contributed by atoms with Gasteiger partial charge < -0.3 is 25.2 Å². The molecular weight excluding hydrogens is 448 g/mol. The average Bonchev–Trinajstić information content (AvgIpc) is 3.27. The number of phenols is 1. The zero-order valence-corrected chi connectivity index (χ0v) is 20.8. The van der Waals surface area contributed by atoms with E-state index >= 15 is 0 Å². The minimum Gasteiger partial charge on any atom is -0.507 e. The number of aryl methyl sites for hydroxylation is 1. The summed E-state index contributed by atoms with van der Waals surface area (Å²) in [7, 11) is 0. The van der Waals surface area contributed by atoms with E-state index in [0.29, 0.717) is 17.6 Å². The summed E-state index contributed by atoms with van der Waals surface area (Å²) in [6.45, 7) is 8.98. The third kappa shape index (κ3) is 2.89. The number of phenolic OH excluding ortho intramolecular Hbond substituents is 1. The second-order valence-electron chi connectivity index (χ2n) is 11.6. The predicted molar refractivity (Wildman–Crippen MR) is 127 cm³/mol. The van der Waals surface area contributed by atoms with Gasteiger partial charge in [-0.1, -0.05) is 45.1 Å². The van der Waals surface area contributed by atoms with E-state index in [1.807, 2.05) is 6.92 Å². The fraction of sp³-hybridized carbons (Fsp3) is 0.571. The lowest BCUT2D eigenvalue weighted by Crippen LogP contribution is -2.65. The Labute approximate surface area is 205 Å². The minimum absolute atomic E-state index is 0.0352. The van der Waals surface area contributed by atoms with Crippen LogP contribution < -0.4 is 0 Å². The summed E-state index contributed by atoms with van der Waals surface area (Å²) < 4.78 is 5.83. The third-order valence-electron chi connectivity index (χ3n) is 9.58. The van der Waals surface area contributed by atoms with Gasteiger partial charge in [0.1, 0.15) is 17.4 Å². The van der Waals surface area contributed by atoms with Gasteiger partial charge in [0, 0.05) is 5.92 Å². The molecule has 5 rings (SSSR count). The number of ketones is 1. The molecule has 0 amide bonds. The van der Waals surface area contributed by atoms with Crippen molar-refractivity contribution < 1.29 is 34.8 Å². The number of aliphatic hydroxyl groups is 3. The number of fused-ring (bicyclic) bond motifs is 3. The minimum atomic E-state index is -2.20. The molecule has 1 aromatic carbocycles. The number of benzene rings is 1. The number of ether oxygens (including phenoxy) is 1. The Kier molecular flexibility index (Phi) is 5.20. The molecule has 2 saturated carbocycles. The van der Waals surface area contributed by atoms with Gasteiger partial charge in [-0.3, -0.25) is 4.79 Å². The maximum atomic E-state index is 14.3. The molecule has 0 aliphatic heterocycles. The largest absolute Gasteiger partial charge is 0.507 e. The number of carbonyl (C=O) groups excluding carboxylic acids is 2. The van der Waals surface area contributed by atoms with Gasteiger partial charge in [0.25, 0.3) is 0 Å². The summed E-state index contributed by atoms with van der Waals surface area (Å²) in [6, 6.07) is 4.64. The quantitative estimate of drug-likeness (QED) is 0.386. The second kappa shape index (κ2) is 7.51. The van der Waals surface area contributed by atoms with Gasteiger partial charge in [-0.15, -0.1) is 0 Å². The smallest absolute Gasteiger partial charge is 0.342 e. The van der Waals surface area contributed by atoms with E-state index in [1.54, 1.807) is 38.1 Å². The number of carbonyl (C=O) groups is 2. The predicted octanol–water partition coefficient (Wildman–Crippen LogP) is 2.69. The molecule has 8 atom stereocenters. The first-order valence-electron chi connectivity index (χ1n) is 12.3. The molecule has 4 aliphatic rings. The molecular formula is C28H34O7. The van der Waals surface area contributed by atoms with Gasteiger partial charge in [-0.25, -0.2) is 4.79 Å². The Morgan fingerprint density at radius 1 is 1.23 bits per heavy atom. The van der Waals surface area contributed by atoms with Gasteiger partial charge in [0.2, 0.25) is 0 Å². The lowest BCUT2D eigenvalue weighted by atomic mass is 9.59. The van der Waals surface area contributed by atoms with Crippen LogP contribution in [0.2, 0.25) is 0 Å². The summed E-state index contributed by atoms with van der Waals surface area (Å²) >= 11 is 0. The van der Waals surface area contributed by atoms with Crippen LogP contribution in [0, 0.1) is 41.4 Å². The van der Waals surface area contributed by atoms with Gasteiger partial charge >= 0.3 is 5.97 Å². The molecule has 4 N–H and O–H groups in total. The van der Waals surface area contributed by atoms with E-state index in [1.165, 1.54) is 6.07 Å². The van der Waals surface area contributed by atoms with E-state index in [0.717, 1.165) is 0 Å². The number of allylic oxidation sites excluding steroid dienone is 1. The zero-order valence-electron chi connectivity index (χ0n) is 20.8. The number of rotatable bonds is 3. The zero-order chi connectivity index (χ0) is 25.7. The summed E-state index contributed by atoms with van der Waals surface area (Å²) in [5.41, 5.74) is -2.68. The average molecular weight is 483 g/mol. The molecule has 0 unspecified atom stereocenters. The highest BCUT2D eigenvalue weighted by Crippen LogP contribution is 2.71. The van der Waals surface area contributed by atoms with Crippen molar-refractivity contribution in [2.75, 3.05) is 6.61 Å². The molecule has 4 aliphatic carbocycles. The SMILES string of the molecule is CC1=C[C@]23C(=O)[C@@H](C=C(CO)[C@@H](O)[C@]2(O)[C@H]1OC(=O)c1c(C)cccc1O)[C@H]1[C@@H](C[C@H]3C)C1(C)C. The van der Waals surface area contributed by atoms with Crippen molar-refractivity contribution >= 4 is 11.8 Å². The molecule has 0 saturated heterocycles. The fourth-order valence-corrected chi connectivity index (χ4v) is 7.68. The van der Waals surface area contributed by atoms with E-state index < -0.39 is 41.7 Å². The molecule has 35 heavy (non-hydrogen) atoms. The number of aromatic hydroxyl groups is 1. The van der Waals surface area contributed by atoms with Crippen LogP contribution in [0.5, 0.6) is 5.75 Å². The van der Waals surface area contributed by atoms with E-state index in [-0.39, 0.29) is 45.8 Å². The van der Waals surface area contributed by atoms with Gasteiger partial charge in [-0.2, -0.15) is 0 Å². The van der Waals surface area contributed by atoms with Crippen LogP contribution in [0.15, 0.2) is 41.5 Å². The molecule has 7 nitrogen and oxygen atoms in total. The summed E-state index contributed by atoms with van der Waals surface area (Å²) in [5, 5.41) is 44.4. The summed E-state index contributed by atoms with van der Waals surface area (Å²) in [6.07, 6.45) is 1.05. The van der Waals surface area contributed by atoms with Crippen molar-refractivity contribution in [3.8, 4) is 5.75 Å². The first-order valence-corrected chi connectivity index (χ1v) is 12.3. The Balaban J connectivity index is 1.65. The molecule has 0 radical (unpaired) electrons. The molecule has 7 heteroatoms. The van der Waals surface area contributed by atoms with Crippen molar-refractivity contribution in [1.29, 1.82) is 0 Å². The Morgan fingerprint density at radius 3 is 2.54 bits per heavy atom.